The number of carbonyl (C=O) groups is 1. The number of nitrogens with one attached hydrogen (secondary N) is 2. The summed E-state index contributed by atoms with van der Waals surface area (Å²) in [6, 6.07) is 0.422. The number of carbonyl (C=O) groups excluding carboxylic acids is 1. The molecule has 2 aliphatic rings. The first-order chi connectivity index (χ1) is 10.2. The van der Waals surface area contributed by atoms with Crippen LogP contribution in [0.4, 0.5) is 0 Å². The third kappa shape index (κ3) is 5.57. The fourth-order valence-electron chi connectivity index (χ4n) is 3.30. The summed E-state index contributed by atoms with van der Waals surface area (Å²) in [6.45, 7) is 11.0. The fourth-order valence-corrected chi connectivity index (χ4v) is 3.30. The van der Waals surface area contributed by atoms with Gasteiger partial charge >= 0.3 is 0 Å². The number of hydrogen-bond acceptors (Lipinski definition) is 4. The topological polar surface area (TPSA) is 53.6 Å². The van der Waals surface area contributed by atoms with Gasteiger partial charge in [-0.25, -0.2) is 0 Å². The van der Waals surface area contributed by atoms with E-state index in [1.807, 2.05) is 0 Å². The van der Waals surface area contributed by atoms with Gasteiger partial charge in [-0.1, -0.05) is 13.8 Å². The minimum atomic E-state index is 0.209. The van der Waals surface area contributed by atoms with Gasteiger partial charge in [-0.05, 0) is 37.8 Å². The lowest BCUT2D eigenvalue weighted by molar-refractivity contribution is -0.121. The SMILES string of the molecule is CC(C)C(CNC(=O)CCC1CCNC1)N1CCOCC1. The molecule has 2 aliphatic heterocycles. The van der Waals surface area contributed by atoms with Crippen molar-refractivity contribution in [2.45, 2.75) is 39.2 Å². The Bertz CT molecular complexity index is 311. The van der Waals surface area contributed by atoms with E-state index in [0.717, 1.165) is 52.4 Å². The summed E-state index contributed by atoms with van der Waals surface area (Å²) >= 11 is 0. The van der Waals surface area contributed by atoms with E-state index in [9.17, 15) is 4.79 Å². The highest BCUT2D eigenvalue weighted by Gasteiger charge is 2.24. The highest BCUT2D eigenvalue weighted by atomic mass is 16.5. The van der Waals surface area contributed by atoms with Crippen LogP contribution < -0.4 is 10.6 Å². The highest BCUT2D eigenvalue weighted by molar-refractivity contribution is 5.75. The molecule has 2 fully saturated rings. The van der Waals surface area contributed by atoms with Gasteiger partial charge in [-0.3, -0.25) is 9.69 Å². The van der Waals surface area contributed by atoms with E-state index in [-0.39, 0.29) is 5.91 Å². The lowest BCUT2D eigenvalue weighted by Crippen LogP contribution is -2.51. The van der Waals surface area contributed by atoms with Gasteiger partial charge in [0.15, 0.2) is 0 Å². The van der Waals surface area contributed by atoms with E-state index >= 15 is 0 Å². The second-order valence-corrected chi connectivity index (χ2v) is 6.66. The van der Waals surface area contributed by atoms with Crippen molar-refractivity contribution >= 4 is 5.91 Å². The number of hydrogen-bond donors (Lipinski definition) is 2. The first kappa shape index (κ1) is 16.7. The standard InChI is InChI=1S/C16H31N3O2/c1-13(2)15(19-7-9-21-10-8-19)12-18-16(20)4-3-14-5-6-17-11-14/h13-15,17H,3-12H2,1-2H3,(H,18,20). The van der Waals surface area contributed by atoms with Crippen LogP contribution in [0.2, 0.25) is 0 Å². The van der Waals surface area contributed by atoms with Gasteiger partial charge in [0.2, 0.25) is 5.91 Å². The molecule has 0 saturated carbocycles. The maximum atomic E-state index is 12.0. The summed E-state index contributed by atoms with van der Waals surface area (Å²) in [5.41, 5.74) is 0. The van der Waals surface area contributed by atoms with Crippen LogP contribution in [0.1, 0.15) is 33.1 Å². The molecule has 1 amide bonds. The van der Waals surface area contributed by atoms with Crippen LogP contribution in [-0.2, 0) is 9.53 Å². The first-order valence-electron chi connectivity index (χ1n) is 8.46. The van der Waals surface area contributed by atoms with E-state index in [1.54, 1.807) is 0 Å². The normalized spacial score (nSPS) is 25.2. The number of morpholine rings is 1. The summed E-state index contributed by atoms with van der Waals surface area (Å²) in [5.74, 6) is 1.44. The van der Waals surface area contributed by atoms with Crippen molar-refractivity contribution in [1.82, 2.24) is 15.5 Å². The molecule has 0 bridgehead atoms. The van der Waals surface area contributed by atoms with E-state index in [4.69, 9.17) is 4.74 Å². The molecule has 21 heavy (non-hydrogen) atoms. The molecular formula is C16H31N3O2. The second kappa shape index (κ2) is 8.71. The van der Waals surface area contributed by atoms with Crippen molar-refractivity contribution in [3.05, 3.63) is 0 Å². The average Bonchev–Trinajstić information content (AvgIpc) is 2.99. The lowest BCUT2D eigenvalue weighted by atomic mass is 10.0. The first-order valence-corrected chi connectivity index (χ1v) is 8.46. The van der Waals surface area contributed by atoms with Crippen LogP contribution in [0.25, 0.3) is 0 Å². The van der Waals surface area contributed by atoms with Crippen molar-refractivity contribution in [3.63, 3.8) is 0 Å². The van der Waals surface area contributed by atoms with Gasteiger partial charge in [-0.2, -0.15) is 0 Å². The number of amides is 1. The molecule has 0 aromatic heterocycles. The molecule has 0 aromatic rings. The van der Waals surface area contributed by atoms with E-state index < -0.39 is 0 Å². The van der Waals surface area contributed by atoms with Crippen molar-refractivity contribution in [3.8, 4) is 0 Å². The van der Waals surface area contributed by atoms with Crippen LogP contribution in [0, 0.1) is 11.8 Å². The molecule has 0 radical (unpaired) electrons. The summed E-state index contributed by atoms with van der Waals surface area (Å²) < 4.78 is 5.42. The Hall–Kier alpha value is -0.650. The van der Waals surface area contributed by atoms with Crippen LogP contribution in [0.3, 0.4) is 0 Å². The Morgan fingerprint density at radius 2 is 2.14 bits per heavy atom. The zero-order valence-corrected chi connectivity index (χ0v) is 13.6. The fraction of sp³-hybridized carbons (Fsp3) is 0.938. The molecule has 0 spiro atoms. The van der Waals surface area contributed by atoms with Gasteiger partial charge in [0, 0.05) is 32.1 Å². The van der Waals surface area contributed by atoms with Gasteiger partial charge in [0.25, 0.3) is 0 Å². The van der Waals surface area contributed by atoms with Crippen molar-refractivity contribution in [2.24, 2.45) is 11.8 Å². The smallest absolute Gasteiger partial charge is 0.220 e. The maximum Gasteiger partial charge on any atom is 0.220 e. The van der Waals surface area contributed by atoms with Crippen LogP contribution in [-0.4, -0.2) is 62.8 Å². The molecule has 5 heteroatoms. The van der Waals surface area contributed by atoms with Crippen LogP contribution in [0.5, 0.6) is 0 Å². The van der Waals surface area contributed by atoms with E-state index in [2.05, 4.69) is 29.4 Å². The van der Waals surface area contributed by atoms with Gasteiger partial charge in [0.05, 0.1) is 13.2 Å². The summed E-state index contributed by atoms with van der Waals surface area (Å²) in [4.78, 5) is 14.5. The molecule has 2 rings (SSSR count). The summed E-state index contributed by atoms with van der Waals surface area (Å²) in [5, 5.41) is 6.50. The second-order valence-electron chi connectivity index (χ2n) is 6.66. The predicted octanol–water partition coefficient (Wildman–Crippen LogP) is 0.849. The number of rotatable bonds is 7. The van der Waals surface area contributed by atoms with Crippen LogP contribution >= 0.6 is 0 Å². The Morgan fingerprint density at radius 1 is 1.38 bits per heavy atom. The minimum Gasteiger partial charge on any atom is -0.379 e. The van der Waals surface area contributed by atoms with Gasteiger partial charge < -0.3 is 15.4 Å². The minimum absolute atomic E-state index is 0.209. The molecule has 0 aromatic carbocycles. The third-order valence-electron chi connectivity index (χ3n) is 4.73. The molecule has 2 N–H and O–H groups in total. The van der Waals surface area contributed by atoms with Crippen LogP contribution in [0.15, 0.2) is 0 Å². The van der Waals surface area contributed by atoms with Crippen molar-refractivity contribution in [2.75, 3.05) is 45.9 Å². The predicted molar refractivity (Wildman–Crippen MR) is 84.2 cm³/mol. The number of ether oxygens (including phenoxy) is 1. The zero-order chi connectivity index (χ0) is 15.1. The Morgan fingerprint density at radius 3 is 2.76 bits per heavy atom. The van der Waals surface area contributed by atoms with Gasteiger partial charge in [0.1, 0.15) is 0 Å². The molecule has 122 valence electrons. The zero-order valence-electron chi connectivity index (χ0n) is 13.6. The Balaban J connectivity index is 1.68. The molecule has 2 heterocycles. The molecule has 5 nitrogen and oxygen atoms in total. The molecule has 0 aliphatic carbocycles. The highest BCUT2D eigenvalue weighted by Crippen LogP contribution is 2.15. The average molecular weight is 297 g/mol. The molecular weight excluding hydrogens is 266 g/mol. The monoisotopic (exact) mass is 297 g/mol. The Kier molecular flexibility index (Phi) is 6.93. The quantitative estimate of drug-likeness (QED) is 0.731. The Labute approximate surface area is 128 Å². The number of nitrogens with zero attached hydrogens (tertiary/aromatic N) is 1. The largest absolute Gasteiger partial charge is 0.379 e. The van der Waals surface area contributed by atoms with E-state index in [1.165, 1.54) is 6.42 Å². The molecule has 2 unspecified atom stereocenters. The summed E-state index contributed by atoms with van der Waals surface area (Å²) in [7, 11) is 0. The molecule has 2 saturated heterocycles. The third-order valence-corrected chi connectivity index (χ3v) is 4.73. The van der Waals surface area contributed by atoms with Crippen molar-refractivity contribution in [1.29, 1.82) is 0 Å². The van der Waals surface area contributed by atoms with Gasteiger partial charge in [-0.15, -0.1) is 0 Å². The lowest BCUT2D eigenvalue weighted by Gasteiger charge is -2.37. The maximum absolute atomic E-state index is 12.0. The molecule has 2 atom stereocenters. The van der Waals surface area contributed by atoms with E-state index in [0.29, 0.717) is 24.3 Å². The van der Waals surface area contributed by atoms with Crippen molar-refractivity contribution < 1.29 is 9.53 Å². The summed E-state index contributed by atoms with van der Waals surface area (Å²) in [6.07, 6.45) is 2.90.